The average molecular weight is 158 g/mol. The molecule has 0 aromatic rings. The molecule has 3 heteroatoms. The Labute approximate surface area is 66.4 Å². The van der Waals surface area contributed by atoms with Crippen molar-refractivity contribution in [2.24, 2.45) is 5.92 Å². The minimum Gasteiger partial charge on any atom is -0.481 e. The van der Waals surface area contributed by atoms with Gasteiger partial charge in [-0.2, -0.15) is 0 Å². The van der Waals surface area contributed by atoms with Crippen LogP contribution in [0.25, 0.3) is 0 Å². The summed E-state index contributed by atoms with van der Waals surface area (Å²) in [5.41, 5.74) is 0. The maximum Gasteiger partial charge on any atom is 0.309 e. The number of carbonyl (C=O) groups is 1. The van der Waals surface area contributed by atoms with Gasteiger partial charge in [0.2, 0.25) is 0 Å². The summed E-state index contributed by atoms with van der Waals surface area (Å²) in [5.74, 6) is -0.981. The summed E-state index contributed by atoms with van der Waals surface area (Å²) in [6, 6.07) is 0. The van der Waals surface area contributed by atoms with E-state index in [1.54, 1.807) is 0 Å². The van der Waals surface area contributed by atoms with Crippen molar-refractivity contribution < 1.29 is 14.6 Å². The minimum absolute atomic E-state index is 0.0544. The van der Waals surface area contributed by atoms with Crippen molar-refractivity contribution in [3.8, 4) is 0 Å². The maximum absolute atomic E-state index is 10.6. The standard InChI is InChI=1S/C8H14O3/c1-2-7-6(8(9)10)4-3-5-11-7/h6-7H,2-5H2,1H3,(H,9,10)/t6-,7+/m1/s1. The van der Waals surface area contributed by atoms with Crippen LogP contribution in [0.1, 0.15) is 26.2 Å². The van der Waals surface area contributed by atoms with E-state index in [0.717, 1.165) is 25.9 Å². The fourth-order valence-electron chi connectivity index (χ4n) is 1.52. The van der Waals surface area contributed by atoms with Crippen LogP contribution in [-0.2, 0) is 9.53 Å². The highest BCUT2D eigenvalue weighted by Gasteiger charge is 2.29. The van der Waals surface area contributed by atoms with Gasteiger partial charge in [0, 0.05) is 6.61 Å². The zero-order valence-corrected chi connectivity index (χ0v) is 6.75. The summed E-state index contributed by atoms with van der Waals surface area (Å²) < 4.78 is 5.32. The number of hydrogen-bond acceptors (Lipinski definition) is 2. The second-order valence-corrected chi connectivity index (χ2v) is 2.90. The van der Waals surface area contributed by atoms with Crippen LogP contribution in [0, 0.1) is 5.92 Å². The third-order valence-electron chi connectivity index (χ3n) is 2.16. The van der Waals surface area contributed by atoms with Crippen molar-refractivity contribution in [2.75, 3.05) is 6.61 Å². The molecule has 0 saturated carbocycles. The zero-order valence-electron chi connectivity index (χ0n) is 6.75. The van der Waals surface area contributed by atoms with Gasteiger partial charge in [-0.3, -0.25) is 4.79 Å². The summed E-state index contributed by atoms with van der Waals surface area (Å²) in [4.78, 5) is 10.6. The number of ether oxygens (including phenoxy) is 1. The van der Waals surface area contributed by atoms with Gasteiger partial charge in [0.25, 0.3) is 0 Å². The summed E-state index contributed by atoms with van der Waals surface area (Å²) in [6.07, 6.45) is 2.40. The number of rotatable bonds is 2. The fourth-order valence-corrected chi connectivity index (χ4v) is 1.52. The van der Waals surface area contributed by atoms with E-state index in [-0.39, 0.29) is 12.0 Å². The van der Waals surface area contributed by atoms with Gasteiger partial charge >= 0.3 is 5.97 Å². The molecular formula is C8H14O3. The number of aliphatic carboxylic acids is 1. The van der Waals surface area contributed by atoms with Crippen LogP contribution in [0.2, 0.25) is 0 Å². The first kappa shape index (κ1) is 8.53. The molecule has 0 bridgehead atoms. The summed E-state index contributed by atoms with van der Waals surface area (Å²) in [7, 11) is 0. The van der Waals surface area contributed by atoms with E-state index in [1.807, 2.05) is 6.92 Å². The molecule has 64 valence electrons. The Kier molecular flexibility index (Phi) is 2.88. The molecule has 0 aliphatic carbocycles. The highest BCUT2D eigenvalue weighted by molar-refractivity contribution is 5.70. The van der Waals surface area contributed by atoms with Crippen LogP contribution in [0.4, 0.5) is 0 Å². The van der Waals surface area contributed by atoms with E-state index in [2.05, 4.69) is 0 Å². The van der Waals surface area contributed by atoms with Crippen LogP contribution in [0.3, 0.4) is 0 Å². The van der Waals surface area contributed by atoms with Crippen molar-refractivity contribution >= 4 is 5.97 Å². The molecule has 0 unspecified atom stereocenters. The molecule has 11 heavy (non-hydrogen) atoms. The lowest BCUT2D eigenvalue weighted by molar-refractivity contribution is -0.151. The van der Waals surface area contributed by atoms with Gasteiger partial charge in [-0.25, -0.2) is 0 Å². The van der Waals surface area contributed by atoms with Gasteiger partial charge in [-0.15, -0.1) is 0 Å². The molecule has 1 aliphatic rings. The molecule has 0 aromatic heterocycles. The lowest BCUT2D eigenvalue weighted by atomic mass is 9.93. The smallest absolute Gasteiger partial charge is 0.309 e. The van der Waals surface area contributed by atoms with Crippen LogP contribution < -0.4 is 0 Å². The van der Waals surface area contributed by atoms with Crippen molar-refractivity contribution in [3.05, 3.63) is 0 Å². The van der Waals surface area contributed by atoms with Crippen LogP contribution in [0.5, 0.6) is 0 Å². The Morgan fingerprint density at radius 1 is 1.73 bits per heavy atom. The predicted molar refractivity (Wildman–Crippen MR) is 40.4 cm³/mol. The van der Waals surface area contributed by atoms with E-state index in [0.29, 0.717) is 0 Å². The molecule has 0 aromatic carbocycles. The maximum atomic E-state index is 10.6. The molecule has 0 radical (unpaired) electrons. The Bertz CT molecular complexity index is 144. The van der Waals surface area contributed by atoms with Gasteiger partial charge in [-0.05, 0) is 19.3 Å². The quantitative estimate of drug-likeness (QED) is 0.658. The van der Waals surface area contributed by atoms with E-state index in [9.17, 15) is 4.79 Å². The normalized spacial score (nSPS) is 31.7. The largest absolute Gasteiger partial charge is 0.481 e. The first-order chi connectivity index (χ1) is 5.25. The molecular weight excluding hydrogens is 144 g/mol. The van der Waals surface area contributed by atoms with Gasteiger partial charge in [0.05, 0.1) is 12.0 Å². The molecule has 3 nitrogen and oxygen atoms in total. The third-order valence-corrected chi connectivity index (χ3v) is 2.16. The highest BCUT2D eigenvalue weighted by Crippen LogP contribution is 2.22. The van der Waals surface area contributed by atoms with E-state index >= 15 is 0 Å². The van der Waals surface area contributed by atoms with Crippen LogP contribution in [0.15, 0.2) is 0 Å². The number of hydrogen-bond donors (Lipinski definition) is 1. The lowest BCUT2D eigenvalue weighted by Crippen LogP contribution is -2.34. The van der Waals surface area contributed by atoms with E-state index in [4.69, 9.17) is 9.84 Å². The Balaban J connectivity index is 2.51. The number of carboxylic acid groups (broad SMARTS) is 1. The van der Waals surface area contributed by atoms with Gasteiger partial charge in [-0.1, -0.05) is 6.92 Å². The fraction of sp³-hybridized carbons (Fsp3) is 0.875. The molecule has 1 aliphatic heterocycles. The van der Waals surface area contributed by atoms with Gasteiger partial charge in [0.1, 0.15) is 0 Å². The van der Waals surface area contributed by atoms with E-state index < -0.39 is 5.97 Å². The van der Waals surface area contributed by atoms with Gasteiger partial charge in [0.15, 0.2) is 0 Å². The SMILES string of the molecule is CC[C@@H]1OCCC[C@H]1C(=O)O. The molecule has 1 saturated heterocycles. The second kappa shape index (κ2) is 3.72. The molecule has 0 spiro atoms. The van der Waals surface area contributed by atoms with Crippen LogP contribution in [-0.4, -0.2) is 23.8 Å². The van der Waals surface area contributed by atoms with Gasteiger partial charge < -0.3 is 9.84 Å². The first-order valence-corrected chi connectivity index (χ1v) is 4.10. The summed E-state index contributed by atoms with van der Waals surface area (Å²) in [6.45, 7) is 2.69. The molecule has 1 N–H and O–H groups in total. The monoisotopic (exact) mass is 158 g/mol. The Morgan fingerprint density at radius 2 is 2.45 bits per heavy atom. The zero-order chi connectivity index (χ0) is 8.27. The van der Waals surface area contributed by atoms with E-state index in [1.165, 1.54) is 0 Å². The minimum atomic E-state index is -0.712. The average Bonchev–Trinajstić information content (AvgIpc) is 2.04. The Morgan fingerprint density at radius 3 is 2.91 bits per heavy atom. The van der Waals surface area contributed by atoms with Crippen molar-refractivity contribution in [1.29, 1.82) is 0 Å². The molecule has 0 amide bonds. The summed E-state index contributed by atoms with van der Waals surface area (Å²) in [5, 5.41) is 8.76. The highest BCUT2D eigenvalue weighted by atomic mass is 16.5. The molecule has 2 atom stereocenters. The van der Waals surface area contributed by atoms with Crippen molar-refractivity contribution in [2.45, 2.75) is 32.3 Å². The predicted octanol–water partition coefficient (Wildman–Crippen LogP) is 1.28. The summed E-state index contributed by atoms with van der Waals surface area (Å²) >= 11 is 0. The second-order valence-electron chi connectivity index (χ2n) is 2.90. The third kappa shape index (κ3) is 1.93. The lowest BCUT2D eigenvalue weighted by Gasteiger charge is -2.27. The topological polar surface area (TPSA) is 46.5 Å². The first-order valence-electron chi connectivity index (χ1n) is 4.10. The van der Waals surface area contributed by atoms with Crippen molar-refractivity contribution in [1.82, 2.24) is 0 Å². The van der Waals surface area contributed by atoms with Crippen molar-refractivity contribution in [3.63, 3.8) is 0 Å². The molecule has 1 fully saturated rings. The Hall–Kier alpha value is -0.570. The molecule has 1 rings (SSSR count). The van der Waals surface area contributed by atoms with Crippen LogP contribution >= 0.6 is 0 Å². The number of carboxylic acids is 1. The molecule has 1 heterocycles.